The van der Waals surface area contributed by atoms with E-state index in [2.05, 4.69) is 13.8 Å². The number of aromatic hydroxyl groups is 3. The molecule has 0 saturated carbocycles. The first-order chi connectivity index (χ1) is 12.6. The Morgan fingerprint density at radius 3 is 1.74 bits per heavy atom. The molecular formula is C24H26O3. The minimum Gasteiger partial charge on any atom is -0.508 e. The first-order valence-corrected chi connectivity index (χ1v) is 9.06. The molecular weight excluding hydrogens is 336 g/mol. The highest BCUT2D eigenvalue weighted by atomic mass is 16.3. The van der Waals surface area contributed by atoms with Crippen LogP contribution < -0.4 is 0 Å². The summed E-state index contributed by atoms with van der Waals surface area (Å²) in [6.07, 6.45) is 0. The van der Waals surface area contributed by atoms with Crippen molar-refractivity contribution in [2.45, 2.75) is 38.5 Å². The lowest BCUT2D eigenvalue weighted by Gasteiger charge is -2.31. The topological polar surface area (TPSA) is 60.7 Å². The van der Waals surface area contributed by atoms with Gasteiger partial charge in [-0.1, -0.05) is 70.2 Å². The Labute approximate surface area is 160 Å². The minimum atomic E-state index is -0.573. The predicted octanol–water partition coefficient (Wildman–Crippen LogP) is 5.46. The van der Waals surface area contributed by atoms with Crippen molar-refractivity contribution >= 4 is 0 Å². The summed E-state index contributed by atoms with van der Waals surface area (Å²) in [5.41, 5.74) is 2.75. The average Bonchev–Trinajstić information content (AvgIpc) is 2.62. The normalized spacial score (nSPS) is 12.1. The molecule has 0 saturated heterocycles. The molecule has 0 aliphatic rings. The zero-order valence-corrected chi connectivity index (χ0v) is 16.2. The Hall–Kier alpha value is -2.94. The molecule has 0 spiro atoms. The number of benzene rings is 3. The predicted molar refractivity (Wildman–Crippen MR) is 109 cm³/mol. The third-order valence-corrected chi connectivity index (χ3v) is 5.56. The van der Waals surface area contributed by atoms with Crippen molar-refractivity contribution in [1.29, 1.82) is 0 Å². The minimum absolute atomic E-state index is 0.202. The molecule has 3 nitrogen and oxygen atoms in total. The fourth-order valence-electron chi connectivity index (χ4n) is 3.62. The Kier molecular flexibility index (Phi) is 4.64. The number of phenols is 3. The van der Waals surface area contributed by atoms with Crippen LogP contribution in [0.5, 0.6) is 17.2 Å². The Morgan fingerprint density at radius 1 is 0.556 bits per heavy atom. The number of para-hydroxylation sites is 1. The maximum Gasteiger partial charge on any atom is 0.119 e. The molecule has 0 bridgehead atoms. The van der Waals surface area contributed by atoms with Crippen molar-refractivity contribution in [1.82, 2.24) is 0 Å². The molecule has 140 valence electrons. The fraction of sp³-hybridized carbons (Fsp3) is 0.250. The third kappa shape index (κ3) is 3.37. The van der Waals surface area contributed by atoms with Gasteiger partial charge in [0, 0.05) is 22.0 Å². The summed E-state index contributed by atoms with van der Waals surface area (Å²) in [6, 6.07) is 20.1. The van der Waals surface area contributed by atoms with Gasteiger partial charge in [0.05, 0.1) is 0 Å². The molecule has 0 atom stereocenters. The van der Waals surface area contributed by atoms with Gasteiger partial charge in [-0.15, -0.1) is 0 Å². The van der Waals surface area contributed by atoms with Gasteiger partial charge in [-0.3, -0.25) is 0 Å². The van der Waals surface area contributed by atoms with Crippen molar-refractivity contribution in [2.24, 2.45) is 0 Å². The van der Waals surface area contributed by atoms with Crippen LogP contribution in [-0.4, -0.2) is 15.3 Å². The van der Waals surface area contributed by atoms with Crippen LogP contribution in [0, 0.1) is 0 Å². The van der Waals surface area contributed by atoms with Gasteiger partial charge in [-0.05, 0) is 35.4 Å². The van der Waals surface area contributed by atoms with Gasteiger partial charge in [0.25, 0.3) is 0 Å². The van der Waals surface area contributed by atoms with Crippen LogP contribution in [0.25, 0.3) is 0 Å². The van der Waals surface area contributed by atoms with Crippen molar-refractivity contribution in [3.05, 3.63) is 89.0 Å². The molecule has 3 N–H and O–H groups in total. The molecule has 0 aliphatic heterocycles. The summed E-state index contributed by atoms with van der Waals surface area (Å²) in [5.74, 6) is 0.653. The second-order valence-corrected chi connectivity index (χ2v) is 8.05. The highest BCUT2D eigenvalue weighted by Crippen LogP contribution is 2.43. The first kappa shape index (κ1) is 18.8. The molecule has 3 heteroatoms. The second-order valence-electron chi connectivity index (χ2n) is 8.05. The molecule has 0 fully saturated rings. The Bertz CT molecular complexity index is 954. The first-order valence-electron chi connectivity index (χ1n) is 9.06. The van der Waals surface area contributed by atoms with E-state index in [9.17, 15) is 15.3 Å². The van der Waals surface area contributed by atoms with Crippen LogP contribution >= 0.6 is 0 Å². The number of rotatable bonds is 4. The van der Waals surface area contributed by atoms with Crippen LogP contribution in [0.1, 0.15) is 49.9 Å². The maximum atomic E-state index is 10.6. The molecule has 0 heterocycles. The van der Waals surface area contributed by atoms with E-state index in [0.29, 0.717) is 0 Å². The third-order valence-electron chi connectivity index (χ3n) is 5.56. The van der Waals surface area contributed by atoms with Gasteiger partial charge in [0.15, 0.2) is 0 Å². The Morgan fingerprint density at radius 2 is 1.11 bits per heavy atom. The summed E-state index contributed by atoms with van der Waals surface area (Å²) in [5, 5.41) is 30.5. The number of hydrogen-bond donors (Lipinski definition) is 3. The molecule has 0 unspecified atom stereocenters. The number of phenolic OH excluding ortho intramolecular Hbond substituents is 3. The lowest BCUT2D eigenvalue weighted by molar-refractivity contribution is 0.434. The lowest BCUT2D eigenvalue weighted by Crippen LogP contribution is -2.23. The monoisotopic (exact) mass is 362 g/mol. The Balaban J connectivity index is 2.12. The summed E-state index contributed by atoms with van der Waals surface area (Å²) >= 11 is 0. The standard InChI is InChI=1S/C24H26O3/c1-23(2,16-9-12-18(25)13-10-16)17-11-14-22(27)20(15-17)24(3,4)19-7-5-6-8-21(19)26/h5-15,25-27H,1-4H3. The van der Waals surface area contributed by atoms with Gasteiger partial charge in [-0.25, -0.2) is 0 Å². The molecule has 0 aliphatic carbocycles. The number of hydrogen-bond acceptors (Lipinski definition) is 3. The summed E-state index contributed by atoms with van der Waals surface area (Å²) in [4.78, 5) is 0. The van der Waals surface area contributed by atoms with E-state index in [1.165, 1.54) is 0 Å². The molecule has 0 radical (unpaired) electrons. The van der Waals surface area contributed by atoms with E-state index in [0.717, 1.165) is 22.3 Å². The highest BCUT2D eigenvalue weighted by molar-refractivity contribution is 5.53. The van der Waals surface area contributed by atoms with Crippen molar-refractivity contribution in [2.75, 3.05) is 0 Å². The van der Waals surface area contributed by atoms with Crippen LogP contribution in [0.3, 0.4) is 0 Å². The average molecular weight is 362 g/mol. The largest absolute Gasteiger partial charge is 0.508 e. The second kappa shape index (κ2) is 6.66. The van der Waals surface area contributed by atoms with E-state index in [1.807, 2.05) is 50.2 Å². The van der Waals surface area contributed by atoms with Crippen LogP contribution in [0.2, 0.25) is 0 Å². The SMILES string of the molecule is CC(C)(c1ccc(O)cc1)c1ccc(O)c(C(C)(C)c2ccccc2O)c1. The molecule has 0 amide bonds. The maximum absolute atomic E-state index is 10.6. The summed E-state index contributed by atoms with van der Waals surface area (Å²) < 4.78 is 0. The van der Waals surface area contributed by atoms with Gasteiger partial charge in [-0.2, -0.15) is 0 Å². The van der Waals surface area contributed by atoms with Gasteiger partial charge < -0.3 is 15.3 Å². The van der Waals surface area contributed by atoms with Crippen molar-refractivity contribution in [3.63, 3.8) is 0 Å². The van der Waals surface area contributed by atoms with E-state index >= 15 is 0 Å². The molecule has 3 rings (SSSR count). The van der Waals surface area contributed by atoms with Gasteiger partial charge in [0.1, 0.15) is 17.2 Å². The van der Waals surface area contributed by atoms with E-state index in [1.54, 1.807) is 30.3 Å². The smallest absolute Gasteiger partial charge is 0.119 e. The van der Waals surface area contributed by atoms with Crippen LogP contribution in [0.4, 0.5) is 0 Å². The molecule has 27 heavy (non-hydrogen) atoms. The highest BCUT2D eigenvalue weighted by Gasteiger charge is 2.31. The summed E-state index contributed by atoms with van der Waals surface area (Å²) in [6.45, 7) is 8.22. The van der Waals surface area contributed by atoms with E-state index in [-0.39, 0.29) is 22.7 Å². The quantitative estimate of drug-likeness (QED) is 0.578. The molecule has 0 aromatic heterocycles. The van der Waals surface area contributed by atoms with E-state index < -0.39 is 5.41 Å². The van der Waals surface area contributed by atoms with Gasteiger partial charge >= 0.3 is 0 Å². The lowest BCUT2D eigenvalue weighted by atomic mass is 9.73. The van der Waals surface area contributed by atoms with Crippen molar-refractivity contribution < 1.29 is 15.3 Å². The van der Waals surface area contributed by atoms with Crippen LogP contribution in [0.15, 0.2) is 66.7 Å². The zero-order chi connectivity index (χ0) is 19.8. The molecule has 3 aromatic rings. The van der Waals surface area contributed by atoms with Gasteiger partial charge in [0.2, 0.25) is 0 Å². The zero-order valence-electron chi connectivity index (χ0n) is 16.2. The van der Waals surface area contributed by atoms with Crippen molar-refractivity contribution in [3.8, 4) is 17.2 Å². The van der Waals surface area contributed by atoms with Crippen LogP contribution in [-0.2, 0) is 10.8 Å². The summed E-state index contributed by atoms with van der Waals surface area (Å²) in [7, 11) is 0. The molecule has 3 aromatic carbocycles. The fourth-order valence-corrected chi connectivity index (χ4v) is 3.62. The van der Waals surface area contributed by atoms with E-state index in [4.69, 9.17) is 0 Å².